The van der Waals surface area contributed by atoms with Crippen LogP contribution in [0.25, 0.3) is 0 Å². The van der Waals surface area contributed by atoms with Gasteiger partial charge in [0, 0.05) is 17.9 Å². The molecular formula is C23H36O4. The normalized spacial score (nSPS) is 21.0. The van der Waals surface area contributed by atoms with Gasteiger partial charge >= 0.3 is 5.97 Å². The zero-order valence-electron chi connectivity index (χ0n) is 17.2. The summed E-state index contributed by atoms with van der Waals surface area (Å²) in [6, 6.07) is 7.47. The monoisotopic (exact) mass is 376 g/mol. The van der Waals surface area contributed by atoms with E-state index in [1.54, 1.807) is 0 Å². The summed E-state index contributed by atoms with van der Waals surface area (Å²) >= 11 is 0. The lowest BCUT2D eigenvalue weighted by atomic mass is 10.0. The molecule has 0 N–H and O–H groups in total. The molecular weight excluding hydrogens is 340 g/mol. The number of carbonyl (C=O) groups excluding carboxylic acids is 1. The fourth-order valence-corrected chi connectivity index (χ4v) is 3.23. The Kier molecular flexibility index (Phi) is 9.85. The molecule has 1 aromatic carbocycles. The van der Waals surface area contributed by atoms with Crippen molar-refractivity contribution in [2.75, 3.05) is 13.2 Å². The third-order valence-corrected chi connectivity index (χ3v) is 5.28. The predicted molar refractivity (Wildman–Crippen MR) is 108 cm³/mol. The molecule has 1 fully saturated rings. The zero-order chi connectivity index (χ0) is 19.5. The Labute approximate surface area is 164 Å². The van der Waals surface area contributed by atoms with Crippen LogP contribution < -0.4 is 4.74 Å². The highest BCUT2D eigenvalue weighted by atomic mass is 16.7. The summed E-state index contributed by atoms with van der Waals surface area (Å²) in [6.45, 7) is 7.88. The summed E-state index contributed by atoms with van der Waals surface area (Å²) in [5.41, 5.74) is 0.970. The molecule has 0 aliphatic carbocycles. The molecule has 1 aliphatic rings. The van der Waals surface area contributed by atoms with Crippen LogP contribution in [-0.4, -0.2) is 19.2 Å². The quantitative estimate of drug-likeness (QED) is 0.268. The van der Waals surface area contributed by atoms with E-state index in [0.29, 0.717) is 24.0 Å². The van der Waals surface area contributed by atoms with E-state index in [1.165, 1.54) is 38.5 Å². The number of carbonyl (C=O) groups is 1. The van der Waals surface area contributed by atoms with Crippen LogP contribution in [0.2, 0.25) is 0 Å². The van der Waals surface area contributed by atoms with Gasteiger partial charge in [0.25, 0.3) is 0 Å². The Hall–Kier alpha value is -1.39. The maximum Gasteiger partial charge on any atom is 0.311 e. The molecule has 1 unspecified atom stereocenters. The van der Waals surface area contributed by atoms with Crippen LogP contribution in [0.5, 0.6) is 5.75 Å². The first-order chi connectivity index (χ1) is 13.1. The fraction of sp³-hybridized carbons (Fsp3) is 0.696. The molecule has 2 rings (SSSR count). The van der Waals surface area contributed by atoms with E-state index >= 15 is 0 Å². The van der Waals surface area contributed by atoms with Gasteiger partial charge in [-0.25, -0.2) is 0 Å². The second-order valence-corrected chi connectivity index (χ2v) is 7.83. The van der Waals surface area contributed by atoms with Gasteiger partial charge in [0.1, 0.15) is 5.75 Å². The van der Waals surface area contributed by atoms with Crippen LogP contribution in [0.1, 0.15) is 84.0 Å². The Morgan fingerprint density at radius 3 is 2.37 bits per heavy atom. The lowest BCUT2D eigenvalue weighted by Gasteiger charge is -2.29. The average molecular weight is 377 g/mol. The van der Waals surface area contributed by atoms with E-state index in [-0.39, 0.29) is 12.3 Å². The molecule has 27 heavy (non-hydrogen) atoms. The number of benzene rings is 1. The van der Waals surface area contributed by atoms with Gasteiger partial charge in [-0.3, -0.25) is 4.79 Å². The molecule has 1 saturated heterocycles. The lowest BCUT2D eigenvalue weighted by Crippen LogP contribution is -2.27. The van der Waals surface area contributed by atoms with Gasteiger partial charge in [0.05, 0.1) is 13.2 Å². The predicted octanol–water partition coefficient (Wildman–Crippen LogP) is 6.05. The van der Waals surface area contributed by atoms with Crippen molar-refractivity contribution in [2.45, 2.75) is 78.4 Å². The molecule has 4 nitrogen and oxygen atoms in total. The van der Waals surface area contributed by atoms with Crippen molar-refractivity contribution in [1.82, 2.24) is 0 Å². The van der Waals surface area contributed by atoms with E-state index in [1.807, 2.05) is 24.3 Å². The van der Waals surface area contributed by atoms with Crippen molar-refractivity contribution in [3.8, 4) is 5.75 Å². The van der Waals surface area contributed by atoms with Gasteiger partial charge in [0.2, 0.25) is 0 Å². The highest BCUT2D eigenvalue weighted by molar-refractivity contribution is 5.72. The highest BCUT2D eigenvalue weighted by Crippen LogP contribution is 2.28. The van der Waals surface area contributed by atoms with Gasteiger partial charge in [-0.05, 0) is 24.5 Å². The second-order valence-electron chi connectivity index (χ2n) is 7.83. The summed E-state index contributed by atoms with van der Waals surface area (Å²) < 4.78 is 17.2. The second kappa shape index (κ2) is 12.1. The molecule has 1 aliphatic heterocycles. The number of unbranched alkanes of at least 4 members (excludes halogenated alkanes) is 4. The van der Waals surface area contributed by atoms with Gasteiger partial charge in [0.15, 0.2) is 6.29 Å². The van der Waals surface area contributed by atoms with E-state index in [0.717, 1.165) is 25.2 Å². The van der Waals surface area contributed by atoms with Gasteiger partial charge in [-0.15, -0.1) is 0 Å². The first-order valence-corrected chi connectivity index (χ1v) is 10.7. The van der Waals surface area contributed by atoms with Crippen molar-refractivity contribution in [3.05, 3.63) is 29.8 Å². The standard InChI is InChI=1S/C23H36O4/c1-4-6-7-8-9-10-19-16-25-23(26-17-19)20-11-13-21(14-12-20)27-22(24)15-18(3)5-2/h11-14,18-19,23H,4-10,15-17H2,1-3H3. The molecule has 1 aromatic rings. The number of hydrogen-bond donors (Lipinski definition) is 0. The highest BCUT2D eigenvalue weighted by Gasteiger charge is 2.23. The summed E-state index contributed by atoms with van der Waals surface area (Å²) in [4.78, 5) is 11.9. The Morgan fingerprint density at radius 1 is 1.07 bits per heavy atom. The number of rotatable bonds is 11. The van der Waals surface area contributed by atoms with Crippen LogP contribution in [0.4, 0.5) is 0 Å². The Morgan fingerprint density at radius 2 is 1.74 bits per heavy atom. The fourth-order valence-electron chi connectivity index (χ4n) is 3.23. The lowest BCUT2D eigenvalue weighted by molar-refractivity contribution is -0.206. The number of esters is 1. The molecule has 4 heteroatoms. The Bertz CT molecular complexity index is 532. The van der Waals surface area contributed by atoms with Crippen molar-refractivity contribution in [2.24, 2.45) is 11.8 Å². The molecule has 0 spiro atoms. The maximum absolute atomic E-state index is 11.9. The van der Waals surface area contributed by atoms with E-state index in [4.69, 9.17) is 14.2 Å². The Balaban J connectivity index is 1.71. The van der Waals surface area contributed by atoms with Crippen molar-refractivity contribution >= 4 is 5.97 Å². The van der Waals surface area contributed by atoms with E-state index in [2.05, 4.69) is 20.8 Å². The molecule has 0 saturated carbocycles. The van der Waals surface area contributed by atoms with Gasteiger partial charge in [-0.2, -0.15) is 0 Å². The molecule has 152 valence electrons. The van der Waals surface area contributed by atoms with Crippen LogP contribution >= 0.6 is 0 Å². The summed E-state index contributed by atoms with van der Waals surface area (Å²) in [5, 5.41) is 0. The van der Waals surface area contributed by atoms with Crippen LogP contribution in [0, 0.1) is 11.8 Å². The van der Waals surface area contributed by atoms with Crippen molar-refractivity contribution in [1.29, 1.82) is 0 Å². The van der Waals surface area contributed by atoms with Crippen LogP contribution in [0.3, 0.4) is 0 Å². The minimum atomic E-state index is -0.314. The van der Waals surface area contributed by atoms with E-state index < -0.39 is 0 Å². The number of ether oxygens (including phenoxy) is 3. The SMILES string of the molecule is CCCCCCCC1COC(c2ccc(OC(=O)CC(C)CC)cc2)OC1. The van der Waals surface area contributed by atoms with Gasteiger partial charge < -0.3 is 14.2 Å². The molecule has 1 atom stereocenters. The van der Waals surface area contributed by atoms with Crippen molar-refractivity contribution < 1.29 is 19.0 Å². The molecule has 0 aromatic heterocycles. The van der Waals surface area contributed by atoms with Gasteiger partial charge in [-0.1, -0.05) is 71.4 Å². The molecule has 0 radical (unpaired) electrons. The summed E-state index contributed by atoms with van der Waals surface area (Å²) in [6.07, 6.45) is 8.83. The number of hydrogen-bond acceptors (Lipinski definition) is 4. The minimum absolute atomic E-state index is 0.177. The first kappa shape index (κ1) is 21.9. The third-order valence-electron chi connectivity index (χ3n) is 5.28. The zero-order valence-corrected chi connectivity index (χ0v) is 17.2. The first-order valence-electron chi connectivity index (χ1n) is 10.7. The van der Waals surface area contributed by atoms with Crippen LogP contribution in [-0.2, 0) is 14.3 Å². The molecule has 1 heterocycles. The average Bonchev–Trinajstić information content (AvgIpc) is 2.69. The van der Waals surface area contributed by atoms with E-state index in [9.17, 15) is 4.79 Å². The smallest absolute Gasteiger partial charge is 0.311 e. The molecule has 0 amide bonds. The van der Waals surface area contributed by atoms with Crippen molar-refractivity contribution in [3.63, 3.8) is 0 Å². The molecule has 0 bridgehead atoms. The minimum Gasteiger partial charge on any atom is -0.427 e. The largest absolute Gasteiger partial charge is 0.427 e. The summed E-state index contributed by atoms with van der Waals surface area (Å²) in [5.74, 6) is 1.25. The summed E-state index contributed by atoms with van der Waals surface area (Å²) in [7, 11) is 0. The third kappa shape index (κ3) is 8.02. The topological polar surface area (TPSA) is 44.8 Å². The maximum atomic E-state index is 11.9. The van der Waals surface area contributed by atoms with Crippen LogP contribution in [0.15, 0.2) is 24.3 Å².